The minimum Gasteiger partial charge on any atom is -0.493 e. The van der Waals surface area contributed by atoms with E-state index in [0.717, 1.165) is 18.8 Å². The Morgan fingerprint density at radius 3 is 2.65 bits per heavy atom. The zero-order valence-electron chi connectivity index (χ0n) is 11.2. The molecule has 1 aliphatic rings. The summed E-state index contributed by atoms with van der Waals surface area (Å²) >= 11 is 0. The van der Waals surface area contributed by atoms with Gasteiger partial charge in [-0.1, -0.05) is 6.07 Å². The van der Waals surface area contributed by atoms with E-state index in [1.54, 1.807) is 0 Å². The van der Waals surface area contributed by atoms with Crippen molar-refractivity contribution < 1.29 is 4.74 Å². The quantitative estimate of drug-likeness (QED) is 0.848. The van der Waals surface area contributed by atoms with Gasteiger partial charge in [0.2, 0.25) is 0 Å². The van der Waals surface area contributed by atoms with Gasteiger partial charge in [0.05, 0.1) is 12.1 Å². The van der Waals surface area contributed by atoms with Crippen LogP contribution in [0.3, 0.4) is 0 Å². The Kier molecular flexibility index (Phi) is 3.15. The standard InChI is InChI=1S/C14H22N2O/c1-10-7-11(2)13-12(8-10)17-6-5-14(13,9-15)16(3)4/h7-8H,5-6,9,15H2,1-4H3. The first kappa shape index (κ1) is 12.4. The summed E-state index contributed by atoms with van der Waals surface area (Å²) in [6.45, 7) is 5.62. The Morgan fingerprint density at radius 2 is 2.06 bits per heavy atom. The lowest BCUT2D eigenvalue weighted by molar-refractivity contribution is 0.0930. The predicted molar refractivity (Wildman–Crippen MR) is 70.4 cm³/mol. The van der Waals surface area contributed by atoms with Crippen LogP contribution in [0.5, 0.6) is 5.75 Å². The largest absolute Gasteiger partial charge is 0.493 e. The second kappa shape index (κ2) is 4.31. The Balaban J connectivity index is 2.65. The van der Waals surface area contributed by atoms with Gasteiger partial charge in [0, 0.05) is 18.5 Å². The summed E-state index contributed by atoms with van der Waals surface area (Å²) in [5.41, 5.74) is 9.77. The van der Waals surface area contributed by atoms with Crippen molar-refractivity contribution in [3.63, 3.8) is 0 Å². The Hall–Kier alpha value is -1.06. The number of fused-ring (bicyclic) bond motifs is 1. The van der Waals surface area contributed by atoms with Crippen molar-refractivity contribution in [2.45, 2.75) is 25.8 Å². The number of benzene rings is 1. The summed E-state index contributed by atoms with van der Waals surface area (Å²) in [6, 6.07) is 4.33. The smallest absolute Gasteiger partial charge is 0.124 e. The first-order chi connectivity index (χ1) is 8.01. The third-order valence-corrected chi connectivity index (χ3v) is 3.88. The van der Waals surface area contributed by atoms with Crippen LogP contribution in [0.1, 0.15) is 23.1 Å². The fourth-order valence-corrected chi connectivity index (χ4v) is 2.93. The molecule has 1 aromatic carbocycles. The monoisotopic (exact) mass is 234 g/mol. The maximum absolute atomic E-state index is 6.06. The van der Waals surface area contributed by atoms with Crippen molar-refractivity contribution >= 4 is 0 Å². The van der Waals surface area contributed by atoms with Crippen molar-refractivity contribution in [2.75, 3.05) is 27.2 Å². The van der Waals surface area contributed by atoms with Crippen LogP contribution < -0.4 is 10.5 Å². The fourth-order valence-electron chi connectivity index (χ4n) is 2.93. The van der Waals surface area contributed by atoms with Crippen LogP contribution in [0.2, 0.25) is 0 Å². The van der Waals surface area contributed by atoms with E-state index in [4.69, 9.17) is 10.5 Å². The lowest BCUT2D eigenvalue weighted by atomic mass is 9.80. The number of nitrogens with zero attached hydrogens (tertiary/aromatic N) is 1. The Bertz CT molecular complexity index is 428. The number of hydrogen-bond acceptors (Lipinski definition) is 3. The molecule has 1 heterocycles. The third-order valence-electron chi connectivity index (χ3n) is 3.88. The highest BCUT2D eigenvalue weighted by molar-refractivity contribution is 5.49. The summed E-state index contributed by atoms with van der Waals surface area (Å²) in [4.78, 5) is 2.23. The average Bonchev–Trinajstić information content (AvgIpc) is 2.27. The van der Waals surface area contributed by atoms with Crippen molar-refractivity contribution in [3.05, 3.63) is 28.8 Å². The SMILES string of the molecule is Cc1cc(C)c2c(c1)OCCC2(CN)N(C)C. The van der Waals surface area contributed by atoms with Gasteiger partial charge in [-0.25, -0.2) is 0 Å². The van der Waals surface area contributed by atoms with E-state index >= 15 is 0 Å². The first-order valence-electron chi connectivity index (χ1n) is 6.13. The zero-order valence-corrected chi connectivity index (χ0v) is 11.2. The second-order valence-corrected chi connectivity index (χ2v) is 5.18. The number of ether oxygens (including phenoxy) is 1. The zero-order chi connectivity index (χ0) is 12.6. The van der Waals surface area contributed by atoms with Gasteiger partial charge in [-0.2, -0.15) is 0 Å². The van der Waals surface area contributed by atoms with E-state index in [0.29, 0.717) is 6.54 Å². The molecule has 1 aromatic rings. The van der Waals surface area contributed by atoms with Crippen LogP contribution in [0, 0.1) is 13.8 Å². The highest BCUT2D eigenvalue weighted by Gasteiger charge is 2.39. The summed E-state index contributed by atoms with van der Waals surface area (Å²) in [5.74, 6) is 1.01. The first-order valence-corrected chi connectivity index (χ1v) is 6.13. The molecule has 0 amide bonds. The number of rotatable bonds is 2. The number of hydrogen-bond donors (Lipinski definition) is 1. The van der Waals surface area contributed by atoms with Gasteiger partial charge in [0.25, 0.3) is 0 Å². The molecule has 0 spiro atoms. The van der Waals surface area contributed by atoms with Gasteiger partial charge in [-0.15, -0.1) is 0 Å². The van der Waals surface area contributed by atoms with Gasteiger partial charge in [0.15, 0.2) is 0 Å². The lowest BCUT2D eigenvalue weighted by Gasteiger charge is -2.44. The van der Waals surface area contributed by atoms with Gasteiger partial charge in [-0.3, -0.25) is 4.90 Å². The molecule has 3 heteroatoms. The summed E-state index contributed by atoms with van der Waals surface area (Å²) in [5, 5.41) is 0. The van der Waals surface area contributed by atoms with Crippen LogP contribution in [0.4, 0.5) is 0 Å². The predicted octanol–water partition coefficient (Wildman–Crippen LogP) is 1.80. The topological polar surface area (TPSA) is 38.5 Å². The molecular formula is C14H22N2O. The van der Waals surface area contributed by atoms with Crippen molar-refractivity contribution in [2.24, 2.45) is 5.73 Å². The highest BCUT2D eigenvalue weighted by Crippen LogP contribution is 2.42. The molecule has 1 atom stereocenters. The van der Waals surface area contributed by atoms with Gasteiger partial charge >= 0.3 is 0 Å². The fraction of sp³-hybridized carbons (Fsp3) is 0.571. The molecule has 0 radical (unpaired) electrons. The molecule has 0 aliphatic carbocycles. The van der Waals surface area contributed by atoms with Crippen molar-refractivity contribution in [1.29, 1.82) is 0 Å². The molecule has 1 unspecified atom stereocenters. The summed E-state index contributed by atoms with van der Waals surface area (Å²) in [6.07, 6.45) is 0.952. The summed E-state index contributed by atoms with van der Waals surface area (Å²) < 4.78 is 5.81. The minimum absolute atomic E-state index is 0.0780. The Morgan fingerprint density at radius 1 is 1.35 bits per heavy atom. The molecule has 0 aromatic heterocycles. The molecule has 2 N–H and O–H groups in total. The number of likely N-dealkylation sites (N-methyl/N-ethyl adjacent to an activating group) is 1. The van der Waals surface area contributed by atoms with E-state index in [1.807, 2.05) is 0 Å². The van der Waals surface area contributed by atoms with Gasteiger partial charge < -0.3 is 10.5 Å². The van der Waals surface area contributed by atoms with E-state index in [1.165, 1.54) is 16.7 Å². The maximum atomic E-state index is 6.06. The minimum atomic E-state index is -0.0780. The molecular weight excluding hydrogens is 212 g/mol. The Labute approximate surface area is 104 Å². The average molecular weight is 234 g/mol. The van der Waals surface area contributed by atoms with E-state index in [2.05, 4.69) is 45.0 Å². The van der Waals surface area contributed by atoms with Crippen LogP contribution in [-0.2, 0) is 5.54 Å². The van der Waals surface area contributed by atoms with Crippen LogP contribution >= 0.6 is 0 Å². The molecule has 3 nitrogen and oxygen atoms in total. The molecule has 2 rings (SSSR count). The van der Waals surface area contributed by atoms with Gasteiger partial charge in [-0.05, 0) is 45.1 Å². The molecule has 0 bridgehead atoms. The highest BCUT2D eigenvalue weighted by atomic mass is 16.5. The molecule has 1 aliphatic heterocycles. The molecule has 0 saturated carbocycles. The third kappa shape index (κ3) is 1.83. The lowest BCUT2D eigenvalue weighted by Crippen LogP contribution is -2.51. The molecule has 94 valence electrons. The maximum Gasteiger partial charge on any atom is 0.124 e. The molecule has 0 fully saturated rings. The van der Waals surface area contributed by atoms with E-state index in [9.17, 15) is 0 Å². The van der Waals surface area contributed by atoms with Crippen LogP contribution in [0.15, 0.2) is 12.1 Å². The van der Waals surface area contributed by atoms with Crippen LogP contribution in [0.25, 0.3) is 0 Å². The number of nitrogens with two attached hydrogens (primary N) is 1. The van der Waals surface area contributed by atoms with Crippen molar-refractivity contribution in [3.8, 4) is 5.75 Å². The molecule has 17 heavy (non-hydrogen) atoms. The van der Waals surface area contributed by atoms with Gasteiger partial charge in [0.1, 0.15) is 5.75 Å². The molecule has 0 saturated heterocycles. The normalized spacial score (nSPS) is 23.4. The van der Waals surface area contributed by atoms with E-state index < -0.39 is 0 Å². The summed E-state index contributed by atoms with van der Waals surface area (Å²) in [7, 11) is 4.20. The van der Waals surface area contributed by atoms with E-state index in [-0.39, 0.29) is 5.54 Å². The van der Waals surface area contributed by atoms with Crippen LogP contribution in [-0.4, -0.2) is 32.1 Å². The second-order valence-electron chi connectivity index (χ2n) is 5.18. The van der Waals surface area contributed by atoms with Crippen molar-refractivity contribution in [1.82, 2.24) is 4.90 Å². The number of aryl methyl sites for hydroxylation is 2.